The Morgan fingerprint density at radius 2 is 1.89 bits per heavy atom. The zero-order valence-corrected chi connectivity index (χ0v) is 17.0. The molecule has 0 atom stereocenters. The van der Waals surface area contributed by atoms with E-state index in [0.717, 1.165) is 22.2 Å². The van der Waals surface area contributed by atoms with Gasteiger partial charge in [-0.3, -0.25) is 19.3 Å². The van der Waals surface area contributed by atoms with E-state index in [-0.39, 0.29) is 11.4 Å². The second-order valence-electron chi connectivity index (χ2n) is 6.65. The third-order valence-electron chi connectivity index (χ3n) is 4.18. The van der Waals surface area contributed by atoms with Crippen LogP contribution in [0.5, 0.6) is 0 Å². The van der Waals surface area contributed by atoms with E-state index in [4.69, 9.17) is 11.6 Å². The molecule has 2 aromatic carbocycles. The summed E-state index contributed by atoms with van der Waals surface area (Å²) in [6, 6.07) is 14.5. The molecule has 7 heteroatoms. The largest absolute Gasteiger partial charge is 0.325 e. The van der Waals surface area contributed by atoms with Crippen molar-refractivity contribution in [3.63, 3.8) is 0 Å². The van der Waals surface area contributed by atoms with Gasteiger partial charge in [0.1, 0.15) is 6.54 Å². The SMILES string of the molecule is CC(C)c1ccc(NC(=O)CN2C(=O)S/C(=C/c3cccc(Cl)c3)C2=O)cc1. The fraction of sp³-hybridized carbons (Fsp3) is 0.190. The quantitative estimate of drug-likeness (QED) is 0.688. The molecule has 1 N–H and O–H groups in total. The average Bonchev–Trinajstić information content (AvgIpc) is 2.89. The first-order valence-electron chi connectivity index (χ1n) is 8.74. The lowest BCUT2D eigenvalue weighted by atomic mass is 10.0. The molecule has 1 fully saturated rings. The maximum absolute atomic E-state index is 12.5. The Balaban J connectivity index is 1.66. The van der Waals surface area contributed by atoms with Gasteiger partial charge < -0.3 is 5.32 Å². The minimum atomic E-state index is -0.486. The summed E-state index contributed by atoms with van der Waals surface area (Å²) in [6.07, 6.45) is 1.60. The van der Waals surface area contributed by atoms with Crippen LogP contribution < -0.4 is 5.32 Å². The maximum Gasteiger partial charge on any atom is 0.294 e. The number of hydrogen-bond acceptors (Lipinski definition) is 4. The van der Waals surface area contributed by atoms with Gasteiger partial charge in [0.15, 0.2) is 0 Å². The van der Waals surface area contributed by atoms with Crippen LogP contribution in [0.2, 0.25) is 5.02 Å². The van der Waals surface area contributed by atoms with Crippen molar-refractivity contribution >= 4 is 52.2 Å². The number of imide groups is 1. The minimum Gasteiger partial charge on any atom is -0.325 e. The minimum absolute atomic E-state index is 0.265. The Hall–Kier alpha value is -2.57. The first-order valence-corrected chi connectivity index (χ1v) is 9.93. The zero-order chi connectivity index (χ0) is 20.3. The van der Waals surface area contributed by atoms with Crippen molar-refractivity contribution in [3.05, 3.63) is 69.6 Å². The van der Waals surface area contributed by atoms with E-state index < -0.39 is 17.1 Å². The van der Waals surface area contributed by atoms with E-state index in [0.29, 0.717) is 22.2 Å². The molecule has 3 rings (SSSR count). The smallest absolute Gasteiger partial charge is 0.294 e. The number of anilines is 1. The Kier molecular flexibility index (Phi) is 6.21. The summed E-state index contributed by atoms with van der Waals surface area (Å²) in [4.78, 5) is 38.2. The van der Waals surface area contributed by atoms with E-state index >= 15 is 0 Å². The lowest BCUT2D eigenvalue weighted by Crippen LogP contribution is -2.36. The van der Waals surface area contributed by atoms with Gasteiger partial charge in [0.05, 0.1) is 4.91 Å². The van der Waals surface area contributed by atoms with Gasteiger partial charge in [0.25, 0.3) is 11.1 Å². The molecular weight excluding hydrogens is 396 g/mol. The normalized spacial score (nSPS) is 15.6. The highest BCUT2D eigenvalue weighted by Crippen LogP contribution is 2.32. The molecule has 1 heterocycles. The number of carbonyl (C=O) groups excluding carboxylic acids is 3. The molecule has 1 saturated heterocycles. The van der Waals surface area contributed by atoms with Crippen LogP contribution in [0.3, 0.4) is 0 Å². The van der Waals surface area contributed by atoms with Crippen molar-refractivity contribution < 1.29 is 14.4 Å². The van der Waals surface area contributed by atoms with E-state index in [2.05, 4.69) is 19.2 Å². The van der Waals surface area contributed by atoms with Crippen molar-refractivity contribution in [1.29, 1.82) is 0 Å². The molecular formula is C21H19ClN2O3S. The molecule has 0 aromatic heterocycles. The number of nitrogens with one attached hydrogen (secondary N) is 1. The monoisotopic (exact) mass is 414 g/mol. The van der Waals surface area contributed by atoms with Crippen LogP contribution in [0.1, 0.15) is 30.9 Å². The van der Waals surface area contributed by atoms with E-state index in [1.54, 1.807) is 42.5 Å². The van der Waals surface area contributed by atoms with Crippen LogP contribution in [0.25, 0.3) is 6.08 Å². The van der Waals surface area contributed by atoms with Crippen LogP contribution in [0.4, 0.5) is 10.5 Å². The van der Waals surface area contributed by atoms with Gasteiger partial charge in [-0.15, -0.1) is 0 Å². The molecule has 0 aliphatic carbocycles. The van der Waals surface area contributed by atoms with Gasteiger partial charge in [-0.05, 0) is 59.1 Å². The second-order valence-corrected chi connectivity index (χ2v) is 8.08. The fourth-order valence-electron chi connectivity index (χ4n) is 2.68. The zero-order valence-electron chi connectivity index (χ0n) is 15.4. The molecule has 1 aliphatic rings. The summed E-state index contributed by atoms with van der Waals surface area (Å²) in [5.74, 6) is -0.518. The van der Waals surface area contributed by atoms with Crippen LogP contribution in [0.15, 0.2) is 53.4 Å². The van der Waals surface area contributed by atoms with Crippen LogP contribution >= 0.6 is 23.4 Å². The number of amides is 3. The fourth-order valence-corrected chi connectivity index (χ4v) is 3.72. The molecule has 1 aliphatic heterocycles. The van der Waals surface area contributed by atoms with E-state index in [1.165, 1.54) is 0 Å². The van der Waals surface area contributed by atoms with Crippen LogP contribution in [-0.2, 0) is 9.59 Å². The van der Waals surface area contributed by atoms with Gasteiger partial charge >= 0.3 is 0 Å². The first-order chi connectivity index (χ1) is 13.3. The standard InChI is InChI=1S/C21H19ClN2O3S/c1-13(2)15-6-8-17(9-7-15)23-19(25)12-24-20(26)18(28-21(24)27)11-14-4-3-5-16(22)10-14/h3-11,13H,12H2,1-2H3,(H,23,25)/b18-11+. The van der Waals surface area contributed by atoms with Crippen LogP contribution in [0, 0.1) is 0 Å². The maximum atomic E-state index is 12.5. The van der Waals surface area contributed by atoms with Gasteiger partial charge in [-0.25, -0.2) is 0 Å². The molecule has 0 radical (unpaired) electrons. The lowest BCUT2D eigenvalue weighted by molar-refractivity contribution is -0.127. The van der Waals surface area contributed by atoms with Crippen LogP contribution in [-0.4, -0.2) is 28.5 Å². The Labute approximate surface area is 172 Å². The molecule has 0 saturated carbocycles. The van der Waals surface area contributed by atoms with E-state index in [9.17, 15) is 14.4 Å². The first kappa shape index (κ1) is 20.2. The van der Waals surface area contributed by atoms with Crippen molar-refractivity contribution in [2.75, 3.05) is 11.9 Å². The third kappa shape index (κ3) is 4.82. The molecule has 0 bridgehead atoms. The summed E-state index contributed by atoms with van der Waals surface area (Å²) in [6.45, 7) is 3.85. The van der Waals surface area contributed by atoms with Crippen molar-refractivity contribution in [2.45, 2.75) is 19.8 Å². The molecule has 0 unspecified atom stereocenters. The van der Waals surface area contributed by atoms with Crippen molar-refractivity contribution in [1.82, 2.24) is 4.90 Å². The third-order valence-corrected chi connectivity index (χ3v) is 5.33. The number of nitrogens with zero attached hydrogens (tertiary/aromatic N) is 1. The topological polar surface area (TPSA) is 66.5 Å². The highest BCUT2D eigenvalue weighted by molar-refractivity contribution is 8.18. The molecule has 28 heavy (non-hydrogen) atoms. The molecule has 2 aromatic rings. The number of thioether (sulfide) groups is 1. The highest BCUT2D eigenvalue weighted by atomic mass is 35.5. The average molecular weight is 415 g/mol. The molecule has 144 valence electrons. The Morgan fingerprint density at radius 3 is 2.54 bits per heavy atom. The number of rotatable bonds is 5. The summed E-state index contributed by atoms with van der Waals surface area (Å²) >= 11 is 6.76. The summed E-state index contributed by atoms with van der Waals surface area (Å²) < 4.78 is 0. The molecule has 0 spiro atoms. The summed E-state index contributed by atoms with van der Waals surface area (Å²) in [5, 5.41) is 2.79. The lowest BCUT2D eigenvalue weighted by Gasteiger charge is -2.13. The van der Waals surface area contributed by atoms with Gasteiger partial charge in [-0.1, -0.05) is 49.7 Å². The van der Waals surface area contributed by atoms with E-state index in [1.807, 2.05) is 12.1 Å². The van der Waals surface area contributed by atoms with Gasteiger partial charge in [0, 0.05) is 10.7 Å². The number of hydrogen-bond donors (Lipinski definition) is 1. The predicted octanol–water partition coefficient (Wildman–Crippen LogP) is 5.14. The van der Waals surface area contributed by atoms with Crippen molar-refractivity contribution in [2.24, 2.45) is 0 Å². The van der Waals surface area contributed by atoms with Gasteiger partial charge in [0.2, 0.25) is 5.91 Å². The van der Waals surface area contributed by atoms with Crippen molar-refractivity contribution in [3.8, 4) is 0 Å². The Morgan fingerprint density at radius 1 is 1.18 bits per heavy atom. The predicted molar refractivity (Wildman–Crippen MR) is 113 cm³/mol. The molecule has 3 amide bonds. The number of benzene rings is 2. The summed E-state index contributed by atoms with van der Waals surface area (Å²) in [7, 11) is 0. The summed E-state index contributed by atoms with van der Waals surface area (Å²) in [5.41, 5.74) is 2.50. The molecule has 5 nitrogen and oxygen atoms in total. The highest BCUT2D eigenvalue weighted by Gasteiger charge is 2.36. The number of carbonyl (C=O) groups is 3. The second kappa shape index (κ2) is 8.63. The van der Waals surface area contributed by atoms with Gasteiger partial charge in [-0.2, -0.15) is 0 Å². The number of halogens is 1. The Bertz CT molecular complexity index is 954.